The number of benzene rings is 2. The Labute approximate surface area is 167 Å². The molecule has 0 fully saturated rings. The summed E-state index contributed by atoms with van der Waals surface area (Å²) < 4.78 is 22.5. The lowest BCUT2D eigenvalue weighted by Gasteiger charge is -2.38. The molecule has 1 aromatic heterocycles. The predicted molar refractivity (Wildman–Crippen MR) is 105 cm³/mol. The molecule has 2 aromatic carbocycles. The Hall–Kier alpha value is -3.61. The molecule has 1 N–H and O–H groups in total. The van der Waals surface area contributed by atoms with Gasteiger partial charge >= 0.3 is 0 Å². The molecule has 3 aromatic rings. The number of anilines is 1. The summed E-state index contributed by atoms with van der Waals surface area (Å²) >= 11 is 0. The van der Waals surface area contributed by atoms with Crippen molar-refractivity contribution in [1.29, 1.82) is 0 Å². The van der Waals surface area contributed by atoms with Crippen LogP contribution in [-0.2, 0) is 6.54 Å². The van der Waals surface area contributed by atoms with Crippen molar-refractivity contribution in [2.45, 2.75) is 12.7 Å². The van der Waals surface area contributed by atoms with E-state index in [0.29, 0.717) is 48.3 Å². The van der Waals surface area contributed by atoms with Crippen LogP contribution in [0.25, 0.3) is 0 Å². The number of nitrogens with one attached hydrogen (secondary N) is 1. The average molecular weight is 392 g/mol. The second-order valence-electron chi connectivity index (χ2n) is 6.85. The van der Waals surface area contributed by atoms with Crippen molar-refractivity contribution in [3.05, 3.63) is 71.7 Å². The van der Waals surface area contributed by atoms with E-state index in [4.69, 9.17) is 18.6 Å². The highest BCUT2D eigenvalue weighted by molar-refractivity contribution is 6.01. The number of carbonyl (C=O) groups excluding carboxylic acids is 1. The molecule has 2 aliphatic heterocycles. The fourth-order valence-corrected chi connectivity index (χ4v) is 3.74. The van der Waals surface area contributed by atoms with E-state index in [2.05, 4.69) is 5.32 Å². The summed E-state index contributed by atoms with van der Waals surface area (Å²) in [6.45, 7) is 1.27. The highest BCUT2D eigenvalue weighted by atomic mass is 16.6. The lowest BCUT2D eigenvalue weighted by atomic mass is 10.0. The summed E-state index contributed by atoms with van der Waals surface area (Å²) in [6.07, 6.45) is 1.18. The van der Waals surface area contributed by atoms with E-state index in [-0.39, 0.29) is 5.91 Å². The van der Waals surface area contributed by atoms with Crippen LogP contribution in [0.15, 0.2) is 59.2 Å². The lowest BCUT2D eigenvalue weighted by Crippen LogP contribution is -2.42. The molecule has 0 saturated heterocycles. The number of hydrogen-bond donors (Lipinski definition) is 1. The molecular formula is C22H20N2O5. The van der Waals surface area contributed by atoms with Crippen LogP contribution < -0.4 is 19.5 Å². The quantitative estimate of drug-likeness (QED) is 0.728. The van der Waals surface area contributed by atoms with Gasteiger partial charge in [0.1, 0.15) is 25.1 Å². The highest BCUT2D eigenvalue weighted by Gasteiger charge is 2.34. The van der Waals surface area contributed by atoms with Gasteiger partial charge in [0.2, 0.25) is 5.75 Å². The number of hydrogen-bond acceptors (Lipinski definition) is 6. The molecule has 0 bridgehead atoms. The third-order valence-electron chi connectivity index (χ3n) is 5.09. The van der Waals surface area contributed by atoms with E-state index in [1.807, 2.05) is 48.5 Å². The average Bonchev–Trinajstić information content (AvgIpc) is 3.28. The first-order valence-corrected chi connectivity index (χ1v) is 9.41. The first-order valence-electron chi connectivity index (χ1n) is 9.41. The zero-order valence-corrected chi connectivity index (χ0v) is 15.9. The normalized spacial score (nSPS) is 17.5. The van der Waals surface area contributed by atoms with Gasteiger partial charge in [0.25, 0.3) is 5.91 Å². The van der Waals surface area contributed by atoms with Crippen molar-refractivity contribution < 1.29 is 23.4 Å². The Kier molecular flexibility index (Phi) is 4.27. The minimum atomic E-state index is -0.424. The second kappa shape index (κ2) is 7.09. The Morgan fingerprint density at radius 3 is 2.83 bits per heavy atom. The number of furan rings is 1. The first-order chi connectivity index (χ1) is 14.2. The van der Waals surface area contributed by atoms with E-state index in [9.17, 15) is 4.79 Å². The third-order valence-corrected chi connectivity index (χ3v) is 5.09. The van der Waals surface area contributed by atoms with Crippen molar-refractivity contribution in [2.24, 2.45) is 0 Å². The van der Waals surface area contributed by atoms with Gasteiger partial charge in [-0.05, 0) is 36.4 Å². The molecule has 29 heavy (non-hydrogen) atoms. The maximum atomic E-state index is 13.3. The number of rotatable bonds is 4. The standard InChI is InChI=1S/C22H20N2O5/c1-26-18-11-14(12-19-20(18)29-10-9-28-19)21-23-17-7-3-2-6-16(17)22(25)24(21)13-15-5-4-8-27-15/h2-8,11-12,21,23H,9-10,13H2,1H3/t21-/m0/s1. The third kappa shape index (κ3) is 3.04. The largest absolute Gasteiger partial charge is 0.493 e. The van der Waals surface area contributed by atoms with Crippen molar-refractivity contribution in [3.8, 4) is 17.2 Å². The summed E-state index contributed by atoms with van der Waals surface area (Å²) in [5.74, 6) is 2.39. The molecule has 148 valence electrons. The molecule has 7 nitrogen and oxygen atoms in total. The van der Waals surface area contributed by atoms with Crippen molar-refractivity contribution in [1.82, 2.24) is 4.90 Å². The van der Waals surface area contributed by atoms with E-state index < -0.39 is 6.17 Å². The molecule has 1 atom stereocenters. The van der Waals surface area contributed by atoms with Crippen LogP contribution in [0.1, 0.15) is 27.8 Å². The van der Waals surface area contributed by atoms with Gasteiger partial charge in [-0.2, -0.15) is 0 Å². The summed E-state index contributed by atoms with van der Waals surface area (Å²) in [5.41, 5.74) is 2.24. The van der Waals surface area contributed by atoms with Gasteiger partial charge in [0.15, 0.2) is 11.5 Å². The van der Waals surface area contributed by atoms with E-state index in [1.165, 1.54) is 0 Å². The van der Waals surface area contributed by atoms with E-state index >= 15 is 0 Å². The van der Waals surface area contributed by atoms with Crippen LogP contribution >= 0.6 is 0 Å². The van der Waals surface area contributed by atoms with Crippen LogP contribution in [0.4, 0.5) is 5.69 Å². The Bertz CT molecular complexity index is 1030. The molecule has 0 saturated carbocycles. The van der Waals surface area contributed by atoms with Gasteiger partial charge < -0.3 is 28.8 Å². The number of carbonyl (C=O) groups is 1. The van der Waals surface area contributed by atoms with E-state index in [1.54, 1.807) is 18.3 Å². The van der Waals surface area contributed by atoms with Crippen LogP contribution in [0.2, 0.25) is 0 Å². The minimum absolute atomic E-state index is 0.0744. The van der Waals surface area contributed by atoms with Gasteiger partial charge in [-0.1, -0.05) is 12.1 Å². The number of amides is 1. The Morgan fingerprint density at radius 1 is 1.14 bits per heavy atom. The Balaban J connectivity index is 1.60. The van der Waals surface area contributed by atoms with Crippen molar-refractivity contribution >= 4 is 11.6 Å². The van der Waals surface area contributed by atoms with Crippen molar-refractivity contribution in [2.75, 3.05) is 25.6 Å². The smallest absolute Gasteiger partial charge is 0.258 e. The van der Waals surface area contributed by atoms with Gasteiger partial charge in [0, 0.05) is 11.3 Å². The molecule has 0 radical (unpaired) electrons. The van der Waals surface area contributed by atoms with Crippen LogP contribution in [-0.4, -0.2) is 31.1 Å². The molecule has 0 unspecified atom stereocenters. The molecule has 7 heteroatoms. The SMILES string of the molecule is COc1cc([C@H]2Nc3ccccc3C(=O)N2Cc2ccco2)cc2c1OCCO2. The molecule has 0 spiro atoms. The zero-order valence-electron chi connectivity index (χ0n) is 15.9. The van der Waals surface area contributed by atoms with Gasteiger partial charge in [-0.25, -0.2) is 0 Å². The van der Waals surface area contributed by atoms with Gasteiger partial charge in [-0.15, -0.1) is 0 Å². The summed E-state index contributed by atoms with van der Waals surface area (Å²) in [5, 5.41) is 3.48. The molecule has 2 aliphatic rings. The summed E-state index contributed by atoms with van der Waals surface area (Å²) in [4.78, 5) is 15.1. The number of fused-ring (bicyclic) bond motifs is 2. The predicted octanol–water partition coefficient (Wildman–Crippen LogP) is 3.83. The molecular weight excluding hydrogens is 372 g/mol. The monoisotopic (exact) mass is 392 g/mol. The highest BCUT2D eigenvalue weighted by Crippen LogP contribution is 2.44. The number of para-hydroxylation sites is 1. The lowest BCUT2D eigenvalue weighted by molar-refractivity contribution is 0.0650. The fraction of sp³-hybridized carbons (Fsp3) is 0.227. The van der Waals surface area contributed by atoms with Crippen LogP contribution in [0.3, 0.4) is 0 Å². The minimum Gasteiger partial charge on any atom is -0.493 e. The molecule has 3 heterocycles. The number of nitrogens with zero attached hydrogens (tertiary/aromatic N) is 1. The number of ether oxygens (including phenoxy) is 3. The van der Waals surface area contributed by atoms with Crippen LogP contribution in [0.5, 0.6) is 17.2 Å². The molecule has 1 amide bonds. The zero-order chi connectivity index (χ0) is 19.8. The maximum absolute atomic E-state index is 13.3. The summed E-state index contributed by atoms with van der Waals surface area (Å²) in [6, 6.07) is 14.9. The first kappa shape index (κ1) is 17.5. The van der Waals surface area contributed by atoms with Gasteiger partial charge in [0.05, 0.1) is 25.5 Å². The van der Waals surface area contributed by atoms with Gasteiger partial charge in [-0.3, -0.25) is 4.79 Å². The molecule has 5 rings (SSSR count). The van der Waals surface area contributed by atoms with Crippen molar-refractivity contribution in [3.63, 3.8) is 0 Å². The number of methoxy groups -OCH3 is 1. The fourth-order valence-electron chi connectivity index (χ4n) is 3.74. The molecule has 0 aliphatic carbocycles. The summed E-state index contributed by atoms with van der Waals surface area (Å²) in [7, 11) is 1.59. The second-order valence-corrected chi connectivity index (χ2v) is 6.85. The Morgan fingerprint density at radius 2 is 2.00 bits per heavy atom. The van der Waals surface area contributed by atoms with Crippen LogP contribution in [0, 0.1) is 0 Å². The maximum Gasteiger partial charge on any atom is 0.258 e. The van der Waals surface area contributed by atoms with E-state index in [0.717, 1.165) is 11.3 Å². The topological polar surface area (TPSA) is 73.2 Å².